The molecule has 0 aromatic rings. The number of carbonyl (C=O) groups is 1. The molecule has 0 aliphatic heterocycles. The standard InChI is InChI=1S/C15H28N2O/c1-3-11(4-2)14(16)9-17-15(18)13-8-10-5-6-12(13)7-10/h10-14H,3-9,16H2,1-2H3,(H,17,18). The first kappa shape index (κ1) is 13.9. The second-order valence-electron chi connectivity index (χ2n) is 6.27. The van der Waals surface area contributed by atoms with Crippen molar-refractivity contribution < 1.29 is 4.79 Å². The van der Waals surface area contributed by atoms with E-state index < -0.39 is 0 Å². The number of rotatable bonds is 6. The van der Waals surface area contributed by atoms with Crippen molar-refractivity contribution in [3.8, 4) is 0 Å². The molecule has 4 unspecified atom stereocenters. The van der Waals surface area contributed by atoms with Gasteiger partial charge in [-0.15, -0.1) is 0 Å². The lowest BCUT2D eigenvalue weighted by atomic mass is 9.88. The van der Waals surface area contributed by atoms with Gasteiger partial charge in [0, 0.05) is 18.5 Å². The van der Waals surface area contributed by atoms with E-state index in [-0.39, 0.29) is 17.9 Å². The van der Waals surface area contributed by atoms with Gasteiger partial charge in [-0.1, -0.05) is 33.1 Å². The largest absolute Gasteiger partial charge is 0.354 e. The van der Waals surface area contributed by atoms with Gasteiger partial charge in [0.15, 0.2) is 0 Å². The van der Waals surface area contributed by atoms with Gasteiger partial charge in [-0.3, -0.25) is 4.79 Å². The number of nitrogens with two attached hydrogens (primary N) is 1. The number of fused-ring (bicyclic) bond motifs is 2. The van der Waals surface area contributed by atoms with Crippen molar-refractivity contribution >= 4 is 5.91 Å². The van der Waals surface area contributed by atoms with Crippen molar-refractivity contribution in [1.82, 2.24) is 5.32 Å². The number of hydrogen-bond donors (Lipinski definition) is 2. The first-order valence-electron chi connectivity index (χ1n) is 7.68. The van der Waals surface area contributed by atoms with Crippen LogP contribution in [0.4, 0.5) is 0 Å². The predicted molar refractivity (Wildman–Crippen MR) is 74.0 cm³/mol. The summed E-state index contributed by atoms with van der Waals surface area (Å²) >= 11 is 0. The van der Waals surface area contributed by atoms with Crippen LogP contribution in [0, 0.1) is 23.7 Å². The second-order valence-corrected chi connectivity index (χ2v) is 6.27. The Morgan fingerprint density at radius 1 is 1.28 bits per heavy atom. The van der Waals surface area contributed by atoms with E-state index in [9.17, 15) is 4.79 Å². The maximum Gasteiger partial charge on any atom is 0.223 e. The molecule has 4 atom stereocenters. The first-order valence-corrected chi connectivity index (χ1v) is 7.68. The molecule has 3 N–H and O–H groups in total. The van der Waals surface area contributed by atoms with Gasteiger partial charge in [0.2, 0.25) is 5.91 Å². The van der Waals surface area contributed by atoms with Gasteiger partial charge in [0.1, 0.15) is 0 Å². The highest BCUT2D eigenvalue weighted by Gasteiger charge is 2.42. The molecule has 2 fully saturated rings. The fourth-order valence-electron chi connectivity index (χ4n) is 3.98. The zero-order valence-electron chi connectivity index (χ0n) is 11.8. The highest BCUT2D eigenvalue weighted by Crippen LogP contribution is 2.48. The molecule has 2 aliphatic rings. The maximum atomic E-state index is 12.2. The fourth-order valence-corrected chi connectivity index (χ4v) is 3.98. The van der Waals surface area contributed by atoms with E-state index in [2.05, 4.69) is 19.2 Å². The Balaban J connectivity index is 1.75. The Bertz CT molecular complexity index is 288. The minimum Gasteiger partial charge on any atom is -0.354 e. The van der Waals surface area contributed by atoms with Crippen LogP contribution in [0.5, 0.6) is 0 Å². The predicted octanol–water partition coefficient (Wildman–Crippen LogP) is 2.30. The molecule has 2 rings (SSSR count). The van der Waals surface area contributed by atoms with Gasteiger partial charge in [-0.25, -0.2) is 0 Å². The molecule has 0 saturated heterocycles. The molecule has 0 radical (unpaired) electrons. The average Bonchev–Trinajstić information content (AvgIpc) is 2.99. The fraction of sp³-hybridized carbons (Fsp3) is 0.933. The smallest absolute Gasteiger partial charge is 0.223 e. The van der Waals surface area contributed by atoms with Crippen LogP contribution < -0.4 is 11.1 Å². The number of carbonyl (C=O) groups excluding carboxylic acids is 1. The van der Waals surface area contributed by atoms with Gasteiger partial charge >= 0.3 is 0 Å². The molecule has 0 spiro atoms. The molecule has 2 bridgehead atoms. The third-order valence-corrected chi connectivity index (χ3v) is 5.24. The molecule has 0 aromatic carbocycles. The van der Waals surface area contributed by atoms with Crippen molar-refractivity contribution in [2.75, 3.05) is 6.54 Å². The normalized spacial score (nSPS) is 31.9. The lowest BCUT2D eigenvalue weighted by Gasteiger charge is -2.24. The molecule has 18 heavy (non-hydrogen) atoms. The average molecular weight is 252 g/mol. The Labute approximate surface area is 111 Å². The summed E-state index contributed by atoms with van der Waals surface area (Å²) in [6.07, 6.45) is 7.22. The van der Waals surface area contributed by atoms with Crippen LogP contribution in [0.3, 0.4) is 0 Å². The summed E-state index contributed by atoms with van der Waals surface area (Å²) in [5.74, 6) is 2.59. The monoisotopic (exact) mass is 252 g/mol. The Kier molecular flexibility index (Phi) is 4.66. The summed E-state index contributed by atoms with van der Waals surface area (Å²) in [6.45, 7) is 5.00. The van der Waals surface area contributed by atoms with Crippen LogP contribution in [0.25, 0.3) is 0 Å². The number of hydrogen-bond acceptors (Lipinski definition) is 2. The molecule has 3 nitrogen and oxygen atoms in total. The van der Waals surface area contributed by atoms with E-state index >= 15 is 0 Å². The molecule has 0 heterocycles. The molecular weight excluding hydrogens is 224 g/mol. The van der Waals surface area contributed by atoms with Crippen molar-refractivity contribution in [3.05, 3.63) is 0 Å². The van der Waals surface area contributed by atoms with Crippen molar-refractivity contribution in [1.29, 1.82) is 0 Å². The Morgan fingerprint density at radius 2 is 2.00 bits per heavy atom. The summed E-state index contributed by atoms with van der Waals surface area (Å²) in [5.41, 5.74) is 6.15. The second kappa shape index (κ2) is 6.05. The van der Waals surface area contributed by atoms with E-state index in [0.29, 0.717) is 18.4 Å². The van der Waals surface area contributed by atoms with Gasteiger partial charge in [-0.05, 0) is 37.0 Å². The van der Waals surface area contributed by atoms with Crippen LogP contribution >= 0.6 is 0 Å². The highest BCUT2D eigenvalue weighted by molar-refractivity contribution is 5.79. The van der Waals surface area contributed by atoms with Crippen LogP contribution in [0.1, 0.15) is 52.4 Å². The van der Waals surface area contributed by atoms with Gasteiger partial charge in [-0.2, -0.15) is 0 Å². The summed E-state index contributed by atoms with van der Waals surface area (Å²) in [7, 11) is 0. The van der Waals surface area contributed by atoms with E-state index in [1.54, 1.807) is 0 Å². The van der Waals surface area contributed by atoms with Gasteiger partial charge < -0.3 is 11.1 Å². The minimum absolute atomic E-state index is 0.113. The Morgan fingerprint density at radius 3 is 2.50 bits per heavy atom. The van der Waals surface area contributed by atoms with Crippen LogP contribution in [0.15, 0.2) is 0 Å². The molecular formula is C15H28N2O. The number of nitrogens with one attached hydrogen (secondary N) is 1. The molecule has 0 aromatic heterocycles. The molecule has 3 heteroatoms. The van der Waals surface area contributed by atoms with Crippen LogP contribution in [-0.4, -0.2) is 18.5 Å². The summed E-state index contributed by atoms with van der Waals surface area (Å²) < 4.78 is 0. The third-order valence-electron chi connectivity index (χ3n) is 5.24. The van der Waals surface area contributed by atoms with Crippen LogP contribution in [-0.2, 0) is 4.79 Å². The lowest BCUT2D eigenvalue weighted by molar-refractivity contribution is -0.126. The topological polar surface area (TPSA) is 55.1 Å². The van der Waals surface area contributed by atoms with E-state index in [1.165, 1.54) is 19.3 Å². The summed E-state index contributed by atoms with van der Waals surface area (Å²) in [5, 5.41) is 3.09. The van der Waals surface area contributed by atoms with Crippen LogP contribution in [0.2, 0.25) is 0 Å². The van der Waals surface area contributed by atoms with Gasteiger partial charge in [0.25, 0.3) is 0 Å². The van der Waals surface area contributed by atoms with Crippen molar-refractivity contribution in [2.45, 2.75) is 58.4 Å². The maximum absolute atomic E-state index is 12.2. The van der Waals surface area contributed by atoms with E-state index in [0.717, 1.165) is 25.2 Å². The lowest BCUT2D eigenvalue weighted by Crippen LogP contribution is -2.44. The van der Waals surface area contributed by atoms with Crippen molar-refractivity contribution in [3.63, 3.8) is 0 Å². The van der Waals surface area contributed by atoms with E-state index in [1.807, 2.05) is 0 Å². The van der Waals surface area contributed by atoms with E-state index in [4.69, 9.17) is 5.73 Å². The minimum atomic E-state index is 0.113. The molecule has 104 valence electrons. The summed E-state index contributed by atoms with van der Waals surface area (Å²) in [6, 6.07) is 0.113. The number of amides is 1. The summed E-state index contributed by atoms with van der Waals surface area (Å²) in [4.78, 5) is 12.2. The zero-order chi connectivity index (χ0) is 13.1. The molecule has 1 amide bonds. The SMILES string of the molecule is CCC(CC)C(N)CNC(=O)C1CC2CCC1C2. The third kappa shape index (κ3) is 2.87. The molecule has 2 saturated carbocycles. The first-order chi connectivity index (χ1) is 8.65. The Hall–Kier alpha value is -0.570. The van der Waals surface area contributed by atoms with Gasteiger partial charge in [0.05, 0.1) is 0 Å². The highest BCUT2D eigenvalue weighted by atomic mass is 16.1. The zero-order valence-corrected chi connectivity index (χ0v) is 11.8. The van der Waals surface area contributed by atoms with Crippen molar-refractivity contribution in [2.24, 2.45) is 29.4 Å². The molecule has 2 aliphatic carbocycles. The quantitative estimate of drug-likeness (QED) is 0.762.